The Hall–Kier alpha value is -4.02. The maximum absolute atomic E-state index is 6.64. The summed E-state index contributed by atoms with van der Waals surface area (Å²) in [6.45, 7) is 5.04. The van der Waals surface area contributed by atoms with Gasteiger partial charge in [-0.1, -0.05) is 83.9 Å². The van der Waals surface area contributed by atoms with E-state index in [-0.39, 0.29) is 6.04 Å². The van der Waals surface area contributed by atoms with Crippen molar-refractivity contribution >= 4 is 29.2 Å². The summed E-state index contributed by atoms with van der Waals surface area (Å²) in [5.74, 6) is 2.14. The number of ether oxygens (including phenoxy) is 2. The second kappa shape index (κ2) is 11.6. The van der Waals surface area contributed by atoms with Gasteiger partial charge in [0, 0.05) is 17.8 Å². The normalized spacial score (nSPS) is 19.2. The van der Waals surface area contributed by atoms with Crippen molar-refractivity contribution in [3.05, 3.63) is 130 Å². The third-order valence-corrected chi connectivity index (χ3v) is 7.97. The number of hydrogen-bond acceptors (Lipinski definition) is 4. The van der Waals surface area contributed by atoms with Gasteiger partial charge in [-0.2, -0.15) is 0 Å². The molecule has 0 unspecified atom stereocenters. The number of nitrogens with zero attached hydrogens (tertiary/aromatic N) is 1. The van der Waals surface area contributed by atoms with E-state index in [2.05, 4.69) is 66.9 Å². The van der Waals surface area contributed by atoms with Crippen LogP contribution in [0.2, 0.25) is 5.02 Å². The molecule has 4 nitrogen and oxygen atoms in total. The highest BCUT2D eigenvalue weighted by Gasteiger charge is 2.37. The number of hydrogen-bond donors (Lipinski definition) is 1. The summed E-state index contributed by atoms with van der Waals surface area (Å²) < 4.78 is 11.9. The summed E-state index contributed by atoms with van der Waals surface area (Å²) >= 11 is 6.64. The average Bonchev–Trinajstić information content (AvgIpc) is 3.47. The van der Waals surface area contributed by atoms with Crippen LogP contribution in [-0.2, 0) is 6.61 Å². The van der Waals surface area contributed by atoms with Gasteiger partial charge < -0.3 is 14.8 Å². The Kier molecular flexibility index (Phi) is 7.61. The molecule has 0 radical (unpaired) electrons. The zero-order valence-corrected chi connectivity index (χ0v) is 23.6. The average molecular weight is 549 g/mol. The molecule has 0 bridgehead atoms. The Labute approximate surface area is 241 Å². The molecule has 6 rings (SSSR count). The largest absolute Gasteiger partial charge is 0.490 e. The predicted octanol–water partition coefficient (Wildman–Crippen LogP) is 9.20. The molecule has 0 saturated carbocycles. The van der Waals surface area contributed by atoms with Crippen molar-refractivity contribution in [3.8, 4) is 11.5 Å². The molecule has 0 saturated heterocycles. The highest BCUT2D eigenvalue weighted by Crippen LogP contribution is 2.50. The first-order valence-corrected chi connectivity index (χ1v) is 14.3. The highest BCUT2D eigenvalue weighted by atomic mass is 35.5. The Morgan fingerprint density at radius 1 is 0.975 bits per heavy atom. The molecule has 0 amide bonds. The maximum atomic E-state index is 6.64. The summed E-state index contributed by atoms with van der Waals surface area (Å²) in [5.41, 5.74) is 8.05. The van der Waals surface area contributed by atoms with Crippen molar-refractivity contribution in [2.45, 2.75) is 38.8 Å². The lowest BCUT2D eigenvalue weighted by Gasteiger charge is -2.37. The molecular formula is C35H33ClN2O2. The standard InChI is InChI=1S/C35H33ClN2O2/c1-3-39-33-20-25(19-31(36)35(33)40-22-24-8-5-4-6-9-24)21-37-27-15-13-26(14-16-27)34-29-11-7-10-28(29)30-18-23(2)12-17-32(30)38-34/h4-10,12-21,28-29,34,38H,3,11,22H2,1-2H3/t28-,29+,34-/m0/s1. The van der Waals surface area contributed by atoms with E-state index in [0.717, 1.165) is 23.2 Å². The lowest BCUT2D eigenvalue weighted by Crippen LogP contribution is -2.29. The quantitative estimate of drug-likeness (QED) is 0.176. The van der Waals surface area contributed by atoms with Crippen molar-refractivity contribution in [2.24, 2.45) is 10.9 Å². The van der Waals surface area contributed by atoms with Gasteiger partial charge in [0.05, 0.1) is 23.4 Å². The van der Waals surface area contributed by atoms with E-state index >= 15 is 0 Å². The minimum Gasteiger partial charge on any atom is -0.490 e. The van der Waals surface area contributed by atoms with Crippen LogP contribution in [0.4, 0.5) is 11.4 Å². The fourth-order valence-electron chi connectivity index (χ4n) is 5.76. The number of halogens is 1. The summed E-state index contributed by atoms with van der Waals surface area (Å²) in [4.78, 5) is 4.73. The third-order valence-electron chi connectivity index (χ3n) is 7.69. The van der Waals surface area contributed by atoms with Crippen molar-refractivity contribution in [2.75, 3.05) is 11.9 Å². The smallest absolute Gasteiger partial charge is 0.180 e. The SMILES string of the molecule is CCOc1cc(C=Nc2ccc([C@@H]3Nc4ccc(C)cc4[C@H]4C=CC[C@H]43)cc2)cc(Cl)c1OCc1ccccc1. The van der Waals surface area contributed by atoms with Crippen LogP contribution in [0.1, 0.15) is 53.1 Å². The van der Waals surface area contributed by atoms with Crippen molar-refractivity contribution < 1.29 is 9.47 Å². The molecule has 4 aromatic carbocycles. The number of aryl methyl sites for hydroxylation is 1. The molecule has 1 aliphatic heterocycles. The second-order valence-electron chi connectivity index (χ2n) is 10.5. The first-order valence-electron chi connectivity index (χ1n) is 13.9. The summed E-state index contributed by atoms with van der Waals surface area (Å²) in [5, 5.41) is 4.32. The number of nitrogens with one attached hydrogen (secondary N) is 1. The first-order chi connectivity index (χ1) is 19.6. The number of benzene rings is 4. The topological polar surface area (TPSA) is 42.8 Å². The minimum atomic E-state index is 0.268. The van der Waals surface area contributed by atoms with Gasteiger partial charge in [-0.05, 0) is 78.8 Å². The van der Waals surface area contributed by atoms with E-state index in [1.165, 1.54) is 22.4 Å². The van der Waals surface area contributed by atoms with Gasteiger partial charge in [-0.3, -0.25) is 4.99 Å². The van der Waals surface area contributed by atoms with Crippen LogP contribution in [0, 0.1) is 12.8 Å². The van der Waals surface area contributed by atoms with Crippen molar-refractivity contribution in [1.82, 2.24) is 0 Å². The van der Waals surface area contributed by atoms with Crippen LogP contribution in [0.15, 0.2) is 102 Å². The highest BCUT2D eigenvalue weighted by molar-refractivity contribution is 6.32. The first kappa shape index (κ1) is 26.2. The Morgan fingerprint density at radius 2 is 1.80 bits per heavy atom. The van der Waals surface area contributed by atoms with E-state index in [0.29, 0.717) is 41.6 Å². The van der Waals surface area contributed by atoms with Crippen LogP contribution in [0.5, 0.6) is 11.5 Å². The number of rotatable bonds is 8. The van der Waals surface area contributed by atoms with E-state index in [1.807, 2.05) is 55.6 Å². The molecule has 40 heavy (non-hydrogen) atoms. The van der Waals surface area contributed by atoms with E-state index in [1.54, 1.807) is 0 Å². The van der Waals surface area contributed by atoms with Crippen LogP contribution >= 0.6 is 11.6 Å². The number of allylic oxidation sites excluding steroid dienone is 2. The van der Waals surface area contributed by atoms with Crippen molar-refractivity contribution in [1.29, 1.82) is 0 Å². The molecule has 202 valence electrons. The van der Waals surface area contributed by atoms with Gasteiger partial charge in [0.15, 0.2) is 11.5 Å². The van der Waals surface area contributed by atoms with Gasteiger partial charge in [0.2, 0.25) is 0 Å². The van der Waals surface area contributed by atoms with E-state index in [9.17, 15) is 0 Å². The minimum absolute atomic E-state index is 0.268. The molecule has 0 fully saturated rings. The Balaban J connectivity index is 1.18. The van der Waals surface area contributed by atoms with Gasteiger partial charge in [-0.25, -0.2) is 0 Å². The summed E-state index contributed by atoms with van der Waals surface area (Å²) in [6, 6.07) is 29.3. The summed E-state index contributed by atoms with van der Waals surface area (Å²) in [7, 11) is 0. The van der Waals surface area contributed by atoms with Crippen LogP contribution < -0.4 is 14.8 Å². The molecule has 0 spiro atoms. The predicted molar refractivity (Wildman–Crippen MR) is 165 cm³/mol. The molecule has 1 N–H and O–H groups in total. The number of anilines is 1. The lowest BCUT2D eigenvalue weighted by atomic mass is 9.76. The van der Waals surface area contributed by atoms with Crippen LogP contribution in [0.25, 0.3) is 0 Å². The number of fused-ring (bicyclic) bond motifs is 3. The lowest BCUT2D eigenvalue weighted by molar-refractivity contribution is 0.269. The fourth-order valence-corrected chi connectivity index (χ4v) is 6.03. The van der Waals surface area contributed by atoms with Gasteiger partial charge in [0.1, 0.15) is 6.61 Å². The molecular weight excluding hydrogens is 516 g/mol. The zero-order valence-electron chi connectivity index (χ0n) is 22.8. The van der Waals surface area contributed by atoms with Gasteiger partial charge in [0.25, 0.3) is 0 Å². The van der Waals surface area contributed by atoms with E-state index < -0.39 is 0 Å². The molecule has 4 aromatic rings. The molecule has 1 aliphatic carbocycles. The van der Waals surface area contributed by atoms with Crippen LogP contribution in [-0.4, -0.2) is 12.8 Å². The van der Waals surface area contributed by atoms with E-state index in [4.69, 9.17) is 26.1 Å². The van der Waals surface area contributed by atoms with Crippen molar-refractivity contribution in [3.63, 3.8) is 0 Å². The molecule has 3 atom stereocenters. The van der Waals surface area contributed by atoms with Gasteiger partial charge in [-0.15, -0.1) is 0 Å². The maximum Gasteiger partial charge on any atom is 0.180 e. The Bertz CT molecular complexity index is 1550. The third kappa shape index (κ3) is 5.50. The number of aliphatic imine (C=N–C) groups is 1. The monoisotopic (exact) mass is 548 g/mol. The molecule has 5 heteroatoms. The zero-order chi connectivity index (χ0) is 27.5. The fraction of sp³-hybridized carbons (Fsp3) is 0.229. The molecule has 1 heterocycles. The Morgan fingerprint density at radius 3 is 2.60 bits per heavy atom. The second-order valence-corrected chi connectivity index (χ2v) is 10.9. The molecule has 0 aromatic heterocycles. The summed E-state index contributed by atoms with van der Waals surface area (Å²) in [6.07, 6.45) is 7.62. The van der Waals surface area contributed by atoms with Crippen LogP contribution in [0.3, 0.4) is 0 Å². The molecule has 2 aliphatic rings. The van der Waals surface area contributed by atoms with Gasteiger partial charge >= 0.3 is 0 Å².